The highest BCUT2D eigenvalue weighted by Gasteiger charge is 2.39. The summed E-state index contributed by atoms with van der Waals surface area (Å²) < 4.78 is 11.7. The van der Waals surface area contributed by atoms with Gasteiger partial charge < -0.3 is 40.2 Å². The van der Waals surface area contributed by atoms with E-state index in [1.54, 1.807) is 48.5 Å². The smallest absolute Gasteiger partial charge is 0.408 e. The maximum atomic E-state index is 13.8. The number of likely N-dealkylation sites (tertiary alicyclic amines) is 2. The van der Waals surface area contributed by atoms with Gasteiger partial charge in [-0.3, -0.25) is 18.8 Å². The molecular weight excluding hydrogens is 763 g/mol. The number of thiazole rings is 1. The average molecular weight is 810 g/mol. The Labute approximate surface area is 339 Å². The lowest BCUT2D eigenvalue weighted by Crippen LogP contribution is -2.51. The van der Waals surface area contributed by atoms with Crippen LogP contribution >= 0.6 is 11.3 Å². The van der Waals surface area contributed by atoms with Crippen LogP contribution in [0.2, 0.25) is 0 Å². The van der Waals surface area contributed by atoms with Crippen molar-refractivity contribution < 1.29 is 33.4 Å². The molecule has 17 heteroatoms. The molecule has 4 N–H and O–H groups in total. The van der Waals surface area contributed by atoms with Crippen molar-refractivity contribution in [3.63, 3.8) is 0 Å². The van der Waals surface area contributed by atoms with E-state index in [4.69, 9.17) is 9.47 Å². The average Bonchev–Trinajstić information content (AvgIpc) is 4.07. The Balaban J connectivity index is 0.992. The number of carbonyl (C=O) groups is 5. The number of benzene rings is 2. The number of nitrogens with one attached hydrogen (secondary N) is 4. The second-order valence-electron chi connectivity index (χ2n) is 14.6. The fraction of sp³-hybridized carbons (Fsp3) is 0.390. The van der Waals surface area contributed by atoms with Gasteiger partial charge in [0.15, 0.2) is 10.8 Å². The summed E-state index contributed by atoms with van der Waals surface area (Å²) in [6.45, 7) is 6.57. The number of hydrogen-bond donors (Lipinski definition) is 4. The number of alkyl carbamates (subject to hydrolysis) is 2. The van der Waals surface area contributed by atoms with E-state index >= 15 is 0 Å². The lowest BCUT2D eigenvalue weighted by Gasteiger charge is -2.30. The first-order valence-corrected chi connectivity index (χ1v) is 20.2. The molecule has 2 aliphatic rings. The maximum absolute atomic E-state index is 13.8. The van der Waals surface area contributed by atoms with Crippen molar-refractivity contribution in [1.82, 2.24) is 39.8 Å². The third-order valence-electron chi connectivity index (χ3n) is 10.5. The van der Waals surface area contributed by atoms with E-state index in [-0.39, 0.29) is 36.3 Å². The lowest BCUT2D eigenvalue weighted by atomic mass is 10.0. The molecule has 0 aliphatic carbocycles. The zero-order valence-corrected chi connectivity index (χ0v) is 33.6. The van der Waals surface area contributed by atoms with Gasteiger partial charge in [0.1, 0.15) is 23.9 Å². The molecule has 58 heavy (non-hydrogen) atoms. The van der Waals surface area contributed by atoms with Gasteiger partial charge in [0, 0.05) is 19.3 Å². The van der Waals surface area contributed by atoms with Crippen LogP contribution in [0.5, 0.6) is 0 Å². The molecule has 2 aliphatic heterocycles. The normalized spacial score (nSPS) is 17.6. The summed E-state index contributed by atoms with van der Waals surface area (Å²) in [4.78, 5) is 82.9. The minimum absolute atomic E-state index is 0.121. The van der Waals surface area contributed by atoms with Gasteiger partial charge in [0.2, 0.25) is 11.8 Å². The topological polar surface area (TPSA) is 192 Å². The molecule has 0 saturated carbocycles. The second kappa shape index (κ2) is 17.5. The van der Waals surface area contributed by atoms with Crippen molar-refractivity contribution in [3.05, 3.63) is 84.6 Å². The zero-order valence-electron chi connectivity index (χ0n) is 32.8. The Hall–Kier alpha value is -6.23. The minimum Gasteiger partial charge on any atom is -0.453 e. The van der Waals surface area contributed by atoms with Gasteiger partial charge in [-0.05, 0) is 55.2 Å². The predicted molar refractivity (Wildman–Crippen MR) is 217 cm³/mol. The summed E-state index contributed by atoms with van der Waals surface area (Å²) in [7, 11) is 1.28. The molecule has 7 rings (SSSR count). The number of nitrogens with zero attached hydrogens (tertiary/aromatic N) is 5. The highest BCUT2D eigenvalue weighted by Crippen LogP contribution is 2.35. The molecule has 2 fully saturated rings. The van der Waals surface area contributed by atoms with Gasteiger partial charge in [-0.2, -0.15) is 0 Å². The molecular formula is C41H47N9O7S. The number of anilines is 1. The summed E-state index contributed by atoms with van der Waals surface area (Å²) in [5.41, 5.74) is 3.34. The van der Waals surface area contributed by atoms with Gasteiger partial charge in [-0.15, -0.1) is 0 Å². The first kappa shape index (κ1) is 40.0. The number of imidazole rings is 2. The van der Waals surface area contributed by atoms with E-state index in [1.165, 1.54) is 23.3 Å². The Morgan fingerprint density at radius 3 is 2.33 bits per heavy atom. The Bertz CT molecular complexity index is 2240. The number of carbonyl (C=O) groups excluding carboxylic acids is 5. The predicted octanol–water partition coefficient (Wildman–Crippen LogP) is 5.91. The molecule has 0 spiro atoms. The molecule has 4 atom stereocenters. The Kier molecular flexibility index (Phi) is 12.1. The van der Waals surface area contributed by atoms with Gasteiger partial charge in [0.25, 0.3) is 5.91 Å². The standard InChI is InChI=1S/C41H47N9O7S/c1-5-57-41(55)47-34(27-11-7-6-8-12-27)38(53)50-20-10-14-30(50)36(51)44-32-23-48-22-31(58-39(48)45-32)26-17-15-25(16-18-26)28-21-42-35(43-28)29-13-9-19-49(29)37(52)33(24(2)3)46-40(54)56-4/h6-8,11-12,15-18,21-24,29-30,33-34H,5,9-10,13-14,19-20H2,1-4H3,(H,42,43)(H,44,51)(H,46,54)(H,47,55). The molecule has 2 saturated heterocycles. The Morgan fingerprint density at radius 2 is 1.62 bits per heavy atom. The van der Waals surface area contributed by atoms with Crippen molar-refractivity contribution in [2.75, 3.05) is 32.1 Å². The summed E-state index contributed by atoms with van der Waals surface area (Å²) in [5.74, 6) is 0.0593. The third-order valence-corrected chi connectivity index (χ3v) is 11.5. The quantitative estimate of drug-likeness (QED) is 0.119. The highest BCUT2D eigenvalue weighted by atomic mass is 32.1. The SMILES string of the molecule is CCOC(=O)NC(C(=O)N1CCCC1C(=O)Nc1cn2cc(-c3ccc(-c4cnc(C5CCCN5C(=O)C(NC(=O)OC)C(C)C)[nH]4)cc3)sc2n1)c1ccccc1. The van der Waals surface area contributed by atoms with Gasteiger partial charge in [0.05, 0.1) is 42.7 Å². The van der Waals surface area contributed by atoms with Gasteiger partial charge in [-0.1, -0.05) is 79.8 Å². The number of rotatable bonds is 12. The first-order chi connectivity index (χ1) is 28.0. The Morgan fingerprint density at radius 1 is 0.897 bits per heavy atom. The molecule has 4 unspecified atom stereocenters. The third kappa shape index (κ3) is 8.54. The highest BCUT2D eigenvalue weighted by molar-refractivity contribution is 7.20. The molecule has 5 amide bonds. The van der Waals surface area contributed by atoms with Crippen molar-refractivity contribution in [1.29, 1.82) is 0 Å². The number of H-pyrrole nitrogens is 1. The van der Waals surface area contributed by atoms with Crippen LogP contribution in [0.3, 0.4) is 0 Å². The largest absolute Gasteiger partial charge is 0.453 e. The fourth-order valence-corrected chi connectivity index (χ4v) is 8.52. The van der Waals surface area contributed by atoms with Crippen molar-refractivity contribution in [3.8, 4) is 21.7 Å². The van der Waals surface area contributed by atoms with E-state index in [9.17, 15) is 24.0 Å². The number of hydrogen-bond acceptors (Lipinski definition) is 10. The van der Waals surface area contributed by atoms with E-state index in [1.807, 2.05) is 54.8 Å². The molecule has 16 nitrogen and oxygen atoms in total. The fourth-order valence-electron chi connectivity index (χ4n) is 7.55. The van der Waals surface area contributed by atoms with E-state index in [0.717, 1.165) is 34.5 Å². The van der Waals surface area contributed by atoms with Gasteiger partial charge in [-0.25, -0.2) is 19.6 Å². The lowest BCUT2D eigenvalue weighted by molar-refractivity contribution is -0.138. The summed E-state index contributed by atoms with van der Waals surface area (Å²) >= 11 is 1.47. The number of methoxy groups -OCH3 is 1. The van der Waals surface area contributed by atoms with Crippen LogP contribution in [0.25, 0.3) is 26.7 Å². The molecule has 0 bridgehead atoms. The van der Waals surface area contributed by atoms with Crippen LogP contribution in [-0.2, 0) is 23.9 Å². The first-order valence-electron chi connectivity index (χ1n) is 19.4. The number of aromatic amines is 1. The molecule has 0 radical (unpaired) electrons. The molecule has 2 aromatic carbocycles. The number of aromatic nitrogens is 4. The minimum atomic E-state index is -1.00. The monoisotopic (exact) mass is 809 g/mol. The zero-order chi connectivity index (χ0) is 40.9. The van der Waals surface area contributed by atoms with Gasteiger partial charge >= 0.3 is 12.2 Å². The molecule has 3 aromatic heterocycles. The summed E-state index contributed by atoms with van der Waals surface area (Å²) in [6.07, 6.45) is 6.84. The molecule has 304 valence electrons. The maximum Gasteiger partial charge on any atom is 0.408 e. The van der Waals surface area contributed by atoms with Crippen LogP contribution in [0.1, 0.15) is 69.9 Å². The number of amides is 5. The van der Waals surface area contributed by atoms with Crippen LogP contribution in [0, 0.1) is 5.92 Å². The van der Waals surface area contributed by atoms with E-state index < -0.39 is 30.3 Å². The van der Waals surface area contributed by atoms with Crippen LogP contribution in [0.15, 0.2) is 73.2 Å². The molecule has 5 heterocycles. The van der Waals surface area contributed by atoms with E-state index in [0.29, 0.717) is 48.1 Å². The summed E-state index contributed by atoms with van der Waals surface area (Å²) in [5, 5.41) is 8.24. The van der Waals surface area contributed by atoms with Crippen molar-refractivity contribution in [2.24, 2.45) is 5.92 Å². The van der Waals surface area contributed by atoms with Crippen molar-refractivity contribution in [2.45, 2.75) is 70.6 Å². The summed E-state index contributed by atoms with van der Waals surface area (Å²) in [6, 6.07) is 14.3. The van der Waals surface area contributed by atoms with Crippen LogP contribution in [-0.4, -0.2) is 98.0 Å². The van der Waals surface area contributed by atoms with Crippen LogP contribution < -0.4 is 16.0 Å². The molecule has 5 aromatic rings. The van der Waals surface area contributed by atoms with Crippen molar-refractivity contribution >= 4 is 52.0 Å². The van der Waals surface area contributed by atoms with Crippen LogP contribution in [0.4, 0.5) is 15.4 Å². The number of ether oxygens (including phenoxy) is 2. The van der Waals surface area contributed by atoms with E-state index in [2.05, 4.69) is 30.9 Å². The second-order valence-corrected chi connectivity index (χ2v) is 15.6. The number of fused-ring (bicyclic) bond motifs is 1.